The highest BCUT2D eigenvalue weighted by Gasteiger charge is 2.44. The summed E-state index contributed by atoms with van der Waals surface area (Å²) in [5.41, 5.74) is -0.612. The van der Waals surface area contributed by atoms with Crippen LogP contribution in [0.3, 0.4) is 0 Å². The fourth-order valence-corrected chi connectivity index (χ4v) is 2.41. The molecule has 1 heterocycles. The van der Waals surface area contributed by atoms with E-state index >= 15 is 0 Å². The Kier molecular flexibility index (Phi) is 2.72. The van der Waals surface area contributed by atoms with E-state index in [9.17, 15) is 9.90 Å². The third kappa shape index (κ3) is 1.76. The molecule has 80 valence electrons. The monoisotopic (exact) mass is 317 g/mol. The van der Waals surface area contributed by atoms with Gasteiger partial charge in [0, 0.05) is 23.6 Å². The summed E-state index contributed by atoms with van der Waals surface area (Å²) < 4.78 is 1.03. The van der Waals surface area contributed by atoms with Crippen molar-refractivity contribution in [2.75, 3.05) is 13.6 Å². The molecule has 0 radical (unpaired) electrons. The fraction of sp³-hybridized carbons (Fsp3) is 0.364. The van der Waals surface area contributed by atoms with Crippen LogP contribution in [-0.2, 0) is 10.4 Å². The minimum Gasteiger partial charge on any atom is -0.375 e. The van der Waals surface area contributed by atoms with Crippen molar-refractivity contribution >= 4 is 28.5 Å². The van der Waals surface area contributed by atoms with E-state index in [4.69, 9.17) is 0 Å². The third-order valence-corrected chi connectivity index (χ3v) is 3.48. The number of aliphatic hydroxyl groups is 1. The van der Waals surface area contributed by atoms with E-state index in [1.807, 2.05) is 18.2 Å². The summed E-state index contributed by atoms with van der Waals surface area (Å²) in [4.78, 5) is 13.4. The Hall–Kier alpha value is -0.620. The molecule has 0 saturated carbocycles. The van der Waals surface area contributed by atoms with Crippen molar-refractivity contribution < 1.29 is 9.90 Å². The molecule has 1 unspecified atom stereocenters. The summed E-state index contributed by atoms with van der Waals surface area (Å²) in [7, 11) is 1.72. The molecule has 1 atom stereocenters. The summed E-state index contributed by atoms with van der Waals surface area (Å²) in [6, 6.07) is 7.47. The summed E-state index contributed by atoms with van der Waals surface area (Å²) in [5, 5.41) is 10.3. The van der Waals surface area contributed by atoms with Gasteiger partial charge in [-0.2, -0.15) is 0 Å². The van der Waals surface area contributed by atoms with Gasteiger partial charge in [-0.1, -0.05) is 12.1 Å². The van der Waals surface area contributed by atoms with E-state index in [0.717, 1.165) is 3.57 Å². The first-order chi connectivity index (χ1) is 7.04. The van der Waals surface area contributed by atoms with Crippen LogP contribution in [0.5, 0.6) is 0 Å². The quantitative estimate of drug-likeness (QED) is 0.794. The molecular formula is C11H12INO2. The molecule has 4 heteroatoms. The van der Waals surface area contributed by atoms with Crippen molar-refractivity contribution in [1.29, 1.82) is 0 Å². The normalized spacial score (nSPS) is 26.1. The number of carbonyl (C=O) groups is 1. The Morgan fingerprint density at radius 3 is 2.80 bits per heavy atom. The largest absolute Gasteiger partial charge is 0.375 e. The maximum absolute atomic E-state index is 11.8. The van der Waals surface area contributed by atoms with Crippen molar-refractivity contribution in [1.82, 2.24) is 4.90 Å². The second-order valence-corrected chi connectivity index (χ2v) is 5.09. The number of halogens is 1. The average molecular weight is 317 g/mol. The fourth-order valence-electron chi connectivity index (χ4n) is 1.87. The molecule has 1 amide bonds. The highest BCUT2D eigenvalue weighted by Crippen LogP contribution is 2.32. The lowest BCUT2D eigenvalue weighted by atomic mass is 9.92. The van der Waals surface area contributed by atoms with E-state index in [-0.39, 0.29) is 5.91 Å². The molecule has 1 aromatic rings. The first-order valence-corrected chi connectivity index (χ1v) is 5.86. The Bertz CT molecular complexity index is 407. The maximum atomic E-state index is 11.8. The van der Waals surface area contributed by atoms with Gasteiger partial charge in [-0.05, 0) is 40.3 Å². The van der Waals surface area contributed by atoms with Crippen LogP contribution in [0.15, 0.2) is 24.3 Å². The Morgan fingerprint density at radius 2 is 2.27 bits per heavy atom. The van der Waals surface area contributed by atoms with Crippen LogP contribution in [0.4, 0.5) is 0 Å². The lowest BCUT2D eigenvalue weighted by molar-refractivity contribution is -0.143. The SMILES string of the molecule is CN1CCC(O)(c2cccc(I)c2)C1=O. The highest BCUT2D eigenvalue weighted by atomic mass is 127. The molecule has 1 aliphatic rings. The number of nitrogens with zero attached hydrogens (tertiary/aromatic N) is 1. The van der Waals surface area contributed by atoms with Crippen molar-refractivity contribution in [2.45, 2.75) is 12.0 Å². The Labute approximate surface area is 102 Å². The van der Waals surface area contributed by atoms with Gasteiger partial charge in [-0.25, -0.2) is 0 Å². The van der Waals surface area contributed by atoms with E-state index < -0.39 is 5.60 Å². The van der Waals surface area contributed by atoms with Crippen molar-refractivity contribution in [2.24, 2.45) is 0 Å². The van der Waals surface area contributed by atoms with Gasteiger partial charge < -0.3 is 10.0 Å². The molecule has 3 nitrogen and oxygen atoms in total. The second kappa shape index (κ2) is 3.75. The van der Waals surface area contributed by atoms with Gasteiger partial charge in [0.15, 0.2) is 5.60 Å². The molecule has 1 saturated heterocycles. The zero-order valence-electron chi connectivity index (χ0n) is 8.40. The minimum atomic E-state index is -1.31. The van der Waals surface area contributed by atoms with Crippen LogP contribution in [0.2, 0.25) is 0 Å². The molecule has 0 aromatic heterocycles. The van der Waals surface area contributed by atoms with Crippen molar-refractivity contribution in [3.63, 3.8) is 0 Å². The molecular weight excluding hydrogens is 305 g/mol. The summed E-state index contributed by atoms with van der Waals surface area (Å²) in [6.07, 6.45) is 0.475. The lowest BCUT2D eigenvalue weighted by Gasteiger charge is -2.21. The van der Waals surface area contributed by atoms with Gasteiger partial charge in [0.05, 0.1) is 0 Å². The van der Waals surface area contributed by atoms with Gasteiger partial charge in [-0.3, -0.25) is 4.79 Å². The molecule has 0 aliphatic carbocycles. The van der Waals surface area contributed by atoms with E-state index in [1.54, 1.807) is 18.0 Å². The van der Waals surface area contributed by atoms with Gasteiger partial charge in [0.25, 0.3) is 5.91 Å². The number of benzene rings is 1. The van der Waals surface area contributed by atoms with Gasteiger partial charge in [-0.15, -0.1) is 0 Å². The van der Waals surface area contributed by atoms with Crippen LogP contribution in [0.1, 0.15) is 12.0 Å². The van der Waals surface area contributed by atoms with Gasteiger partial charge >= 0.3 is 0 Å². The van der Waals surface area contributed by atoms with E-state index in [0.29, 0.717) is 18.5 Å². The third-order valence-electron chi connectivity index (χ3n) is 2.81. The van der Waals surface area contributed by atoms with Crippen LogP contribution in [0, 0.1) is 3.57 Å². The number of rotatable bonds is 1. The summed E-state index contributed by atoms with van der Waals surface area (Å²) >= 11 is 2.17. The first-order valence-electron chi connectivity index (χ1n) is 4.78. The number of carbonyl (C=O) groups excluding carboxylic acids is 1. The molecule has 2 rings (SSSR count). The Morgan fingerprint density at radius 1 is 1.53 bits per heavy atom. The lowest BCUT2D eigenvalue weighted by Crippen LogP contribution is -2.36. The number of hydrogen-bond acceptors (Lipinski definition) is 2. The van der Waals surface area contributed by atoms with Crippen LogP contribution >= 0.6 is 22.6 Å². The molecule has 1 aliphatic heterocycles. The molecule has 1 N–H and O–H groups in total. The predicted molar refractivity (Wildman–Crippen MR) is 65.3 cm³/mol. The number of likely N-dealkylation sites (N-methyl/N-ethyl adjacent to an activating group) is 1. The molecule has 0 spiro atoms. The van der Waals surface area contributed by atoms with E-state index in [2.05, 4.69) is 22.6 Å². The Balaban J connectivity index is 2.42. The number of likely N-dealkylation sites (tertiary alicyclic amines) is 1. The summed E-state index contributed by atoms with van der Waals surface area (Å²) in [6.45, 7) is 0.612. The average Bonchev–Trinajstić information content (AvgIpc) is 2.48. The van der Waals surface area contributed by atoms with Crippen molar-refractivity contribution in [3.8, 4) is 0 Å². The predicted octanol–water partition coefficient (Wildman–Crippen LogP) is 1.34. The number of amides is 1. The van der Waals surface area contributed by atoms with Gasteiger partial charge in [0.2, 0.25) is 0 Å². The molecule has 15 heavy (non-hydrogen) atoms. The molecule has 1 fully saturated rings. The molecule has 1 aromatic carbocycles. The van der Waals surface area contributed by atoms with Crippen molar-refractivity contribution in [3.05, 3.63) is 33.4 Å². The zero-order valence-corrected chi connectivity index (χ0v) is 10.6. The van der Waals surface area contributed by atoms with Crippen LogP contribution < -0.4 is 0 Å². The minimum absolute atomic E-state index is 0.204. The smallest absolute Gasteiger partial charge is 0.258 e. The zero-order chi connectivity index (χ0) is 11.1. The molecule has 0 bridgehead atoms. The topological polar surface area (TPSA) is 40.5 Å². The van der Waals surface area contributed by atoms with E-state index in [1.165, 1.54) is 0 Å². The number of hydrogen-bond donors (Lipinski definition) is 1. The van der Waals surface area contributed by atoms with Crippen LogP contribution in [0.25, 0.3) is 0 Å². The summed E-state index contributed by atoms with van der Waals surface area (Å²) in [5.74, 6) is -0.204. The maximum Gasteiger partial charge on any atom is 0.258 e. The second-order valence-electron chi connectivity index (χ2n) is 3.85. The standard InChI is InChI=1S/C11H12INO2/c1-13-6-5-11(15,10(13)14)8-3-2-4-9(12)7-8/h2-4,7,15H,5-6H2,1H3. The highest BCUT2D eigenvalue weighted by molar-refractivity contribution is 14.1. The van der Waals surface area contributed by atoms with Crippen LogP contribution in [-0.4, -0.2) is 29.5 Å². The first kappa shape index (κ1) is 10.9. The van der Waals surface area contributed by atoms with Gasteiger partial charge in [0.1, 0.15) is 0 Å².